The van der Waals surface area contributed by atoms with Crippen molar-refractivity contribution in [2.45, 2.75) is 50.9 Å². The van der Waals surface area contributed by atoms with Crippen LogP contribution >= 0.6 is 11.6 Å². The van der Waals surface area contributed by atoms with Crippen LogP contribution < -0.4 is 9.64 Å². The third kappa shape index (κ3) is 5.05. The number of aromatic nitrogens is 2. The minimum absolute atomic E-state index is 0.154. The Morgan fingerprint density at radius 3 is 2.79 bits per heavy atom. The van der Waals surface area contributed by atoms with Gasteiger partial charge in [-0.2, -0.15) is 9.97 Å². The van der Waals surface area contributed by atoms with Crippen LogP contribution in [0.5, 0.6) is 6.01 Å². The van der Waals surface area contributed by atoms with Gasteiger partial charge in [0, 0.05) is 47.4 Å². The second kappa shape index (κ2) is 11.1. The molecule has 3 atom stereocenters. The summed E-state index contributed by atoms with van der Waals surface area (Å²) in [6, 6.07) is 13.1. The fraction of sp³-hybridized carbons (Fsp3) is 0.500. The van der Waals surface area contributed by atoms with Crippen molar-refractivity contribution in [1.29, 1.82) is 0 Å². The first kappa shape index (κ1) is 25.4. The van der Waals surface area contributed by atoms with Crippen molar-refractivity contribution in [3.63, 3.8) is 0 Å². The molecule has 8 heteroatoms. The zero-order valence-corrected chi connectivity index (χ0v) is 22.7. The fourth-order valence-electron chi connectivity index (χ4n) is 6.24. The van der Waals surface area contributed by atoms with Crippen LogP contribution in [0.4, 0.5) is 5.82 Å². The summed E-state index contributed by atoms with van der Waals surface area (Å²) < 4.78 is 12.8. The van der Waals surface area contributed by atoms with Gasteiger partial charge >= 0.3 is 6.01 Å². The van der Waals surface area contributed by atoms with E-state index in [1.807, 2.05) is 12.1 Å². The molecule has 198 valence electrons. The Hall–Kier alpha value is -2.92. The molecule has 3 aromatic rings. The van der Waals surface area contributed by atoms with Gasteiger partial charge in [-0.1, -0.05) is 41.9 Å². The Morgan fingerprint density at radius 1 is 1.13 bits per heavy atom. The first-order valence-electron chi connectivity index (χ1n) is 13.7. The molecule has 1 unspecified atom stereocenters. The van der Waals surface area contributed by atoms with E-state index in [0.717, 1.165) is 77.3 Å². The van der Waals surface area contributed by atoms with Crippen LogP contribution in [-0.2, 0) is 17.8 Å². The van der Waals surface area contributed by atoms with E-state index in [0.29, 0.717) is 44.1 Å². The number of hydrogen-bond acceptors (Lipinski definition) is 6. The van der Waals surface area contributed by atoms with Crippen molar-refractivity contribution in [2.24, 2.45) is 5.92 Å². The lowest BCUT2D eigenvalue weighted by atomic mass is 9.94. The van der Waals surface area contributed by atoms with Gasteiger partial charge in [0.2, 0.25) is 6.54 Å². The molecule has 2 saturated heterocycles. The number of piperidine rings is 1. The number of halogens is 1. The van der Waals surface area contributed by atoms with E-state index < -0.39 is 0 Å². The molecule has 7 nitrogen and oxygen atoms in total. The zero-order chi connectivity index (χ0) is 26.1. The summed E-state index contributed by atoms with van der Waals surface area (Å²) in [5.74, 6) is 1.27. The van der Waals surface area contributed by atoms with E-state index >= 15 is 0 Å². The Labute approximate surface area is 229 Å². The van der Waals surface area contributed by atoms with Crippen molar-refractivity contribution >= 4 is 28.2 Å². The summed E-state index contributed by atoms with van der Waals surface area (Å²) >= 11 is 6.66. The van der Waals surface area contributed by atoms with Crippen LogP contribution in [0, 0.1) is 12.5 Å². The molecular formula is C30H34ClN5O2. The lowest BCUT2D eigenvalue weighted by Crippen LogP contribution is -2.38. The molecule has 6 rings (SSSR count). The van der Waals surface area contributed by atoms with E-state index in [9.17, 15) is 0 Å². The van der Waals surface area contributed by atoms with Gasteiger partial charge in [0.1, 0.15) is 12.4 Å². The molecule has 0 bridgehead atoms. The van der Waals surface area contributed by atoms with Crippen molar-refractivity contribution in [3.05, 3.63) is 69.7 Å². The highest BCUT2D eigenvalue weighted by Crippen LogP contribution is 2.39. The Morgan fingerprint density at radius 2 is 1.97 bits per heavy atom. The minimum atomic E-state index is -0.154. The highest BCUT2D eigenvalue weighted by molar-refractivity contribution is 6.35. The second-order valence-corrected chi connectivity index (χ2v) is 11.2. The fourth-order valence-corrected chi connectivity index (χ4v) is 6.53. The SMILES string of the molecule is [C-]#[N+]C[C@@H]1CCCN(c2nc(OC[C@H]3CCCN3C)nc3c2COC(c2cccc4cccc(Cl)c24)C3)C1. The van der Waals surface area contributed by atoms with Crippen molar-refractivity contribution in [1.82, 2.24) is 14.9 Å². The standard InChI is InChI=1S/C30H34ClN5O2/c1-32-16-20-7-5-14-36(17-20)29-24-19-37-27(23-11-3-8-21-9-4-12-25(31)28(21)23)15-26(24)33-30(34-29)38-18-22-10-6-13-35(22)2/h3-4,8-9,11-12,20,22,27H,5-7,10,13-19H2,2H3/t20-,22+,27?/m0/s1. The average Bonchev–Trinajstić information content (AvgIpc) is 3.35. The maximum absolute atomic E-state index is 7.35. The molecule has 0 aliphatic carbocycles. The number of ether oxygens (including phenoxy) is 2. The molecule has 0 radical (unpaired) electrons. The van der Waals surface area contributed by atoms with Gasteiger partial charge in [-0.05, 0) is 56.3 Å². The monoisotopic (exact) mass is 531 g/mol. The number of likely N-dealkylation sites (N-methyl/N-ethyl adjacent to an activating group) is 1. The van der Waals surface area contributed by atoms with Crippen LogP contribution in [0.1, 0.15) is 48.6 Å². The number of anilines is 1. The predicted octanol–water partition coefficient (Wildman–Crippen LogP) is 5.71. The summed E-state index contributed by atoms with van der Waals surface area (Å²) in [5, 5.41) is 2.88. The first-order valence-corrected chi connectivity index (χ1v) is 14.1. The summed E-state index contributed by atoms with van der Waals surface area (Å²) in [5.41, 5.74) is 3.11. The molecule has 0 amide bonds. The van der Waals surface area contributed by atoms with Crippen LogP contribution in [0.15, 0.2) is 36.4 Å². The van der Waals surface area contributed by atoms with Gasteiger partial charge in [-0.25, -0.2) is 6.57 Å². The van der Waals surface area contributed by atoms with Crippen LogP contribution in [0.25, 0.3) is 15.6 Å². The number of benzene rings is 2. The van der Waals surface area contributed by atoms with Gasteiger partial charge in [-0.3, -0.25) is 0 Å². The molecule has 38 heavy (non-hydrogen) atoms. The molecule has 2 aromatic carbocycles. The Kier molecular flexibility index (Phi) is 7.38. The first-order chi connectivity index (χ1) is 18.6. The Bertz CT molecular complexity index is 1350. The van der Waals surface area contributed by atoms with E-state index in [-0.39, 0.29) is 6.10 Å². The van der Waals surface area contributed by atoms with Crippen LogP contribution in [0.2, 0.25) is 5.02 Å². The van der Waals surface area contributed by atoms with Gasteiger partial charge in [-0.15, -0.1) is 0 Å². The van der Waals surface area contributed by atoms with E-state index in [4.69, 9.17) is 37.6 Å². The second-order valence-electron chi connectivity index (χ2n) is 10.8. The number of rotatable bonds is 6. The normalized spacial score (nSPS) is 23.8. The van der Waals surface area contributed by atoms with E-state index in [2.05, 4.69) is 46.0 Å². The highest BCUT2D eigenvalue weighted by Gasteiger charge is 2.32. The average molecular weight is 532 g/mol. The third-order valence-electron chi connectivity index (χ3n) is 8.34. The Balaban J connectivity index is 1.34. The zero-order valence-electron chi connectivity index (χ0n) is 21.9. The minimum Gasteiger partial charge on any atom is -0.462 e. The molecule has 3 aliphatic rings. The van der Waals surface area contributed by atoms with Crippen LogP contribution in [0.3, 0.4) is 0 Å². The molecule has 3 aliphatic heterocycles. The number of hydrogen-bond donors (Lipinski definition) is 0. The maximum Gasteiger partial charge on any atom is 0.318 e. The predicted molar refractivity (Wildman–Crippen MR) is 150 cm³/mol. The smallest absolute Gasteiger partial charge is 0.318 e. The lowest BCUT2D eigenvalue weighted by Gasteiger charge is -2.35. The number of likely N-dealkylation sites (tertiary alicyclic amines) is 1. The van der Waals surface area contributed by atoms with Gasteiger partial charge in [0.25, 0.3) is 0 Å². The molecule has 0 saturated carbocycles. The van der Waals surface area contributed by atoms with E-state index in [1.165, 1.54) is 6.42 Å². The highest BCUT2D eigenvalue weighted by atomic mass is 35.5. The summed E-state index contributed by atoms with van der Waals surface area (Å²) in [6.07, 6.45) is 4.96. The molecule has 0 spiro atoms. The summed E-state index contributed by atoms with van der Waals surface area (Å²) in [6.45, 7) is 11.8. The largest absolute Gasteiger partial charge is 0.462 e. The maximum atomic E-state index is 7.35. The molecule has 4 heterocycles. The third-order valence-corrected chi connectivity index (χ3v) is 8.65. The molecule has 1 aromatic heterocycles. The molecule has 2 fully saturated rings. The van der Waals surface area contributed by atoms with Crippen molar-refractivity contribution < 1.29 is 9.47 Å². The molecule has 0 N–H and O–H groups in total. The number of nitrogens with zero attached hydrogens (tertiary/aromatic N) is 5. The number of fused-ring (bicyclic) bond motifs is 2. The van der Waals surface area contributed by atoms with Gasteiger partial charge in [0.15, 0.2) is 0 Å². The quantitative estimate of drug-likeness (QED) is 0.380. The van der Waals surface area contributed by atoms with Crippen LogP contribution in [-0.4, -0.2) is 60.7 Å². The van der Waals surface area contributed by atoms with Crippen molar-refractivity contribution in [3.8, 4) is 6.01 Å². The van der Waals surface area contributed by atoms with Crippen molar-refractivity contribution in [2.75, 3.05) is 44.7 Å². The summed E-state index contributed by atoms with van der Waals surface area (Å²) in [7, 11) is 2.16. The topological polar surface area (TPSA) is 55.1 Å². The van der Waals surface area contributed by atoms with Gasteiger partial charge < -0.3 is 24.1 Å². The lowest BCUT2D eigenvalue weighted by molar-refractivity contribution is 0.0265. The summed E-state index contributed by atoms with van der Waals surface area (Å²) in [4.78, 5) is 18.3. The van der Waals surface area contributed by atoms with E-state index in [1.54, 1.807) is 0 Å². The molecular weight excluding hydrogens is 498 g/mol. The van der Waals surface area contributed by atoms with Gasteiger partial charge in [0.05, 0.1) is 18.4 Å².